The Morgan fingerprint density at radius 1 is 1.30 bits per heavy atom. The summed E-state index contributed by atoms with van der Waals surface area (Å²) in [5, 5.41) is 7.87. The van der Waals surface area contributed by atoms with Crippen LogP contribution in [0.5, 0.6) is 5.75 Å². The molecular formula is C14H15Cl2N3O3S. The van der Waals surface area contributed by atoms with Crippen LogP contribution in [0.3, 0.4) is 0 Å². The zero-order valence-corrected chi connectivity index (χ0v) is 14.7. The first kappa shape index (κ1) is 18.0. The number of hydrogen-bond acceptors (Lipinski definition) is 5. The molecular weight excluding hydrogens is 361 g/mol. The van der Waals surface area contributed by atoms with Crippen molar-refractivity contribution in [1.29, 1.82) is 0 Å². The molecule has 6 nitrogen and oxygen atoms in total. The fraction of sp³-hybridized carbons (Fsp3) is 0.429. The molecule has 0 aromatic heterocycles. The molecule has 0 bridgehead atoms. The van der Waals surface area contributed by atoms with Gasteiger partial charge in [0.25, 0.3) is 0 Å². The van der Waals surface area contributed by atoms with Crippen molar-refractivity contribution in [1.82, 2.24) is 4.72 Å². The summed E-state index contributed by atoms with van der Waals surface area (Å²) in [6.45, 7) is 0.167. The second-order valence-corrected chi connectivity index (χ2v) is 7.42. The zero-order valence-electron chi connectivity index (χ0n) is 12.3. The van der Waals surface area contributed by atoms with E-state index >= 15 is 0 Å². The topological polar surface area (TPSA) is 80.1 Å². The fourth-order valence-electron chi connectivity index (χ4n) is 2.01. The highest BCUT2D eigenvalue weighted by atomic mass is 35.5. The molecule has 1 aromatic carbocycles. The molecule has 1 N–H and O–H groups in total. The molecule has 1 aliphatic heterocycles. The molecule has 0 spiro atoms. The van der Waals surface area contributed by atoms with E-state index in [1.54, 1.807) is 0 Å². The summed E-state index contributed by atoms with van der Waals surface area (Å²) in [6.07, 6.45) is 6.80. The van der Waals surface area contributed by atoms with E-state index in [0.29, 0.717) is 25.0 Å². The van der Waals surface area contributed by atoms with Crippen molar-refractivity contribution in [2.75, 3.05) is 13.7 Å². The maximum atomic E-state index is 12.3. The number of benzene rings is 1. The normalized spacial score (nSPS) is 15.2. The Labute approximate surface area is 145 Å². The molecule has 124 valence electrons. The van der Waals surface area contributed by atoms with E-state index in [1.165, 1.54) is 19.2 Å². The summed E-state index contributed by atoms with van der Waals surface area (Å²) in [5.74, 6) is 2.82. The van der Waals surface area contributed by atoms with E-state index in [0.717, 1.165) is 0 Å². The Hall–Kier alpha value is -1.33. The van der Waals surface area contributed by atoms with Crippen LogP contribution in [0.1, 0.15) is 19.3 Å². The first-order chi connectivity index (χ1) is 10.9. The minimum Gasteiger partial charge on any atom is -0.495 e. The predicted octanol–water partition coefficient (Wildman–Crippen LogP) is 3.25. The number of rotatable bonds is 8. The molecule has 1 heterocycles. The Bertz CT molecular complexity index is 766. The van der Waals surface area contributed by atoms with Crippen molar-refractivity contribution in [2.24, 2.45) is 10.2 Å². The summed E-state index contributed by atoms with van der Waals surface area (Å²) in [7, 11) is -2.38. The number of methoxy groups -OCH3 is 1. The fourth-order valence-corrected chi connectivity index (χ4v) is 3.88. The van der Waals surface area contributed by atoms with Crippen LogP contribution in [-0.2, 0) is 10.0 Å². The van der Waals surface area contributed by atoms with Crippen LogP contribution >= 0.6 is 23.2 Å². The van der Waals surface area contributed by atoms with Crippen LogP contribution in [0.25, 0.3) is 0 Å². The summed E-state index contributed by atoms with van der Waals surface area (Å²) in [4.78, 5) is -0.104. The minimum absolute atomic E-state index is 0.0507. The lowest BCUT2D eigenvalue weighted by Crippen LogP contribution is -2.28. The van der Waals surface area contributed by atoms with Crippen molar-refractivity contribution in [3.8, 4) is 18.1 Å². The third-order valence-electron chi connectivity index (χ3n) is 3.39. The van der Waals surface area contributed by atoms with Crippen LogP contribution in [0.15, 0.2) is 27.3 Å². The number of terminal acetylenes is 1. The van der Waals surface area contributed by atoms with Crippen molar-refractivity contribution in [3.63, 3.8) is 0 Å². The molecule has 0 saturated carbocycles. The van der Waals surface area contributed by atoms with Crippen LogP contribution in [0.4, 0.5) is 0 Å². The second-order valence-electron chi connectivity index (χ2n) is 4.93. The largest absolute Gasteiger partial charge is 0.495 e. The average Bonchev–Trinajstić information content (AvgIpc) is 3.27. The second kappa shape index (κ2) is 7.05. The average molecular weight is 376 g/mol. The van der Waals surface area contributed by atoms with E-state index in [4.69, 9.17) is 34.4 Å². The summed E-state index contributed by atoms with van der Waals surface area (Å²) >= 11 is 12.0. The van der Waals surface area contributed by atoms with Crippen molar-refractivity contribution in [2.45, 2.75) is 29.8 Å². The van der Waals surface area contributed by atoms with Crippen LogP contribution < -0.4 is 9.46 Å². The number of ether oxygens (including phenoxy) is 1. The highest BCUT2D eigenvalue weighted by Gasteiger charge is 2.39. The lowest BCUT2D eigenvalue weighted by Gasteiger charge is -2.13. The van der Waals surface area contributed by atoms with Crippen LogP contribution in [0, 0.1) is 12.3 Å². The highest BCUT2D eigenvalue weighted by molar-refractivity contribution is 7.89. The molecule has 9 heteroatoms. The number of halogens is 2. The maximum absolute atomic E-state index is 12.3. The standard InChI is InChI=1S/C14H15Cl2N3O3S/c1-3-4-7-14(18-19-14)8-9-17-23(20,21)11-6-5-10(22-2)12(15)13(11)16/h1,5-6,17H,4,7-9H2,2H3. The van der Waals surface area contributed by atoms with Gasteiger partial charge in [-0.3, -0.25) is 0 Å². The van der Waals surface area contributed by atoms with Gasteiger partial charge in [0.05, 0.1) is 12.1 Å². The van der Waals surface area contributed by atoms with Gasteiger partial charge in [-0.15, -0.1) is 12.3 Å². The van der Waals surface area contributed by atoms with Gasteiger partial charge >= 0.3 is 0 Å². The molecule has 0 atom stereocenters. The Morgan fingerprint density at radius 2 is 2.00 bits per heavy atom. The summed E-state index contributed by atoms with van der Waals surface area (Å²) in [6, 6.07) is 2.79. The molecule has 0 aliphatic carbocycles. The van der Waals surface area contributed by atoms with Gasteiger partial charge < -0.3 is 4.74 Å². The monoisotopic (exact) mass is 375 g/mol. The Morgan fingerprint density at radius 3 is 2.57 bits per heavy atom. The third-order valence-corrected chi connectivity index (χ3v) is 5.87. The molecule has 0 amide bonds. The first-order valence-electron chi connectivity index (χ1n) is 6.74. The van der Waals surface area contributed by atoms with E-state index in [9.17, 15) is 8.42 Å². The molecule has 0 fully saturated rings. The predicted molar refractivity (Wildman–Crippen MR) is 88.5 cm³/mol. The lowest BCUT2D eigenvalue weighted by molar-refractivity contribution is 0.414. The molecule has 23 heavy (non-hydrogen) atoms. The number of nitrogens with zero attached hydrogens (tertiary/aromatic N) is 2. The van der Waals surface area contributed by atoms with E-state index in [-0.39, 0.29) is 21.5 Å². The minimum atomic E-state index is -3.80. The van der Waals surface area contributed by atoms with Crippen molar-refractivity contribution in [3.05, 3.63) is 22.2 Å². The third kappa shape index (κ3) is 4.15. The van der Waals surface area contributed by atoms with Gasteiger partial charge in [0.15, 0.2) is 5.66 Å². The summed E-state index contributed by atoms with van der Waals surface area (Å²) < 4.78 is 32.1. The van der Waals surface area contributed by atoms with Gasteiger partial charge in [-0.05, 0) is 12.1 Å². The number of nitrogens with one attached hydrogen (secondary N) is 1. The summed E-state index contributed by atoms with van der Waals surface area (Å²) in [5.41, 5.74) is -0.545. The Balaban J connectivity index is 2.03. The molecule has 0 unspecified atom stereocenters. The maximum Gasteiger partial charge on any atom is 0.242 e. The quantitative estimate of drug-likeness (QED) is 0.708. The van der Waals surface area contributed by atoms with Gasteiger partial charge in [0, 0.05) is 25.8 Å². The van der Waals surface area contributed by atoms with Crippen LogP contribution in [0.2, 0.25) is 10.0 Å². The zero-order chi connectivity index (χ0) is 17.1. The van der Waals surface area contributed by atoms with E-state index in [2.05, 4.69) is 20.9 Å². The van der Waals surface area contributed by atoms with Gasteiger partial charge in [-0.1, -0.05) is 23.2 Å². The lowest BCUT2D eigenvalue weighted by atomic mass is 10.1. The van der Waals surface area contributed by atoms with Gasteiger partial charge in [0.1, 0.15) is 15.7 Å². The van der Waals surface area contributed by atoms with Gasteiger partial charge in [0.2, 0.25) is 10.0 Å². The number of hydrogen-bond donors (Lipinski definition) is 1. The molecule has 0 saturated heterocycles. The molecule has 1 aromatic rings. The smallest absolute Gasteiger partial charge is 0.242 e. The number of sulfonamides is 1. The van der Waals surface area contributed by atoms with E-state index in [1.807, 2.05) is 0 Å². The molecule has 2 rings (SSSR count). The van der Waals surface area contributed by atoms with Crippen LogP contribution in [-0.4, -0.2) is 27.7 Å². The molecule has 1 aliphatic rings. The van der Waals surface area contributed by atoms with E-state index < -0.39 is 15.7 Å². The van der Waals surface area contributed by atoms with Gasteiger partial charge in [-0.25, -0.2) is 13.1 Å². The van der Waals surface area contributed by atoms with Crippen molar-refractivity contribution < 1.29 is 13.2 Å². The van der Waals surface area contributed by atoms with Crippen molar-refractivity contribution >= 4 is 33.2 Å². The molecule has 0 radical (unpaired) electrons. The Kier molecular flexibility index (Phi) is 5.53. The highest BCUT2D eigenvalue weighted by Crippen LogP contribution is 2.38. The first-order valence-corrected chi connectivity index (χ1v) is 8.98. The van der Waals surface area contributed by atoms with Gasteiger partial charge in [-0.2, -0.15) is 10.2 Å². The SMILES string of the molecule is C#CCCC1(CCNS(=O)(=O)c2ccc(OC)c(Cl)c2Cl)N=N1.